The van der Waals surface area contributed by atoms with Crippen molar-refractivity contribution in [3.63, 3.8) is 0 Å². The number of nitrogens with one attached hydrogen (secondary N) is 1. The van der Waals surface area contributed by atoms with E-state index < -0.39 is 10.2 Å². The minimum atomic E-state index is -3.58. The van der Waals surface area contributed by atoms with E-state index in [1.54, 1.807) is 17.8 Å². The molecule has 0 bridgehead atoms. The molecule has 2 atom stereocenters. The Labute approximate surface area is 137 Å². The van der Waals surface area contributed by atoms with Crippen LogP contribution in [0.25, 0.3) is 0 Å². The molecule has 128 valence electrons. The van der Waals surface area contributed by atoms with Crippen LogP contribution in [0.5, 0.6) is 0 Å². The van der Waals surface area contributed by atoms with Gasteiger partial charge in [0.1, 0.15) is 5.82 Å². The van der Waals surface area contributed by atoms with Gasteiger partial charge in [-0.25, -0.2) is 0 Å². The first-order valence-corrected chi connectivity index (χ1v) is 9.13. The van der Waals surface area contributed by atoms with Crippen molar-refractivity contribution in [2.45, 2.75) is 25.8 Å². The molecule has 2 heterocycles. The largest absolute Gasteiger partial charge is 0.355 e. The number of anilines is 1. The molecule has 0 aliphatic carbocycles. The summed E-state index contributed by atoms with van der Waals surface area (Å²) in [6, 6.07) is 3.83. The Morgan fingerprint density at radius 2 is 2.35 bits per heavy atom. The first-order valence-electron chi connectivity index (χ1n) is 7.69. The van der Waals surface area contributed by atoms with Crippen molar-refractivity contribution < 1.29 is 8.42 Å². The van der Waals surface area contributed by atoms with Crippen molar-refractivity contribution in [1.82, 2.24) is 18.8 Å². The van der Waals surface area contributed by atoms with Gasteiger partial charge in [0, 0.05) is 45.8 Å². The van der Waals surface area contributed by atoms with Crippen LogP contribution in [0.3, 0.4) is 0 Å². The van der Waals surface area contributed by atoms with Crippen molar-refractivity contribution in [3.05, 3.63) is 12.3 Å². The lowest BCUT2D eigenvalue weighted by atomic mass is 10.1. The minimum absolute atomic E-state index is 0.150. The standard InChI is InChI=1S/C14H24N6O2S/c1-12(9-15)10-18(2)23(21,22)17-13-5-4-8-20(11-13)14-6-7-16-19(14)3/h6-7,12-13,17H,4-5,8,10-11H2,1-3H3/t12-,13+/m0/s1. The first kappa shape index (κ1) is 17.7. The number of nitriles is 1. The molecule has 2 rings (SSSR count). The fourth-order valence-electron chi connectivity index (χ4n) is 2.78. The fourth-order valence-corrected chi connectivity index (χ4v) is 4.00. The zero-order valence-electron chi connectivity index (χ0n) is 13.8. The summed E-state index contributed by atoms with van der Waals surface area (Å²) in [4.78, 5) is 2.14. The van der Waals surface area contributed by atoms with Gasteiger partial charge < -0.3 is 4.90 Å². The molecule has 1 aromatic rings. The third kappa shape index (κ3) is 4.43. The van der Waals surface area contributed by atoms with Gasteiger partial charge in [-0.2, -0.15) is 27.8 Å². The van der Waals surface area contributed by atoms with Crippen molar-refractivity contribution in [2.75, 3.05) is 31.6 Å². The number of hydrogen-bond acceptors (Lipinski definition) is 5. The van der Waals surface area contributed by atoms with E-state index in [2.05, 4.69) is 20.8 Å². The molecule has 1 saturated heterocycles. The van der Waals surface area contributed by atoms with Crippen LogP contribution in [0, 0.1) is 17.2 Å². The summed E-state index contributed by atoms with van der Waals surface area (Å²) < 4.78 is 30.5. The summed E-state index contributed by atoms with van der Waals surface area (Å²) in [5.74, 6) is 0.647. The molecule has 0 spiro atoms. The van der Waals surface area contributed by atoms with Crippen LogP contribution >= 0.6 is 0 Å². The third-order valence-corrected chi connectivity index (χ3v) is 5.62. The van der Waals surface area contributed by atoms with Gasteiger partial charge in [0.25, 0.3) is 10.2 Å². The highest BCUT2D eigenvalue weighted by atomic mass is 32.2. The molecule has 9 heteroatoms. The van der Waals surface area contributed by atoms with Crippen LogP contribution < -0.4 is 9.62 Å². The summed E-state index contributed by atoms with van der Waals surface area (Å²) in [5.41, 5.74) is 0. The summed E-state index contributed by atoms with van der Waals surface area (Å²) >= 11 is 0. The van der Waals surface area contributed by atoms with E-state index in [0.29, 0.717) is 6.54 Å². The number of rotatable bonds is 6. The molecule has 0 unspecified atom stereocenters. The predicted octanol–water partition coefficient (Wildman–Crippen LogP) is 0.315. The van der Waals surface area contributed by atoms with Gasteiger partial charge in [-0.1, -0.05) is 0 Å². The highest BCUT2D eigenvalue weighted by Gasteiger charge is 2.28. The second-order valence-corrected chi connectivity index (χ2v) is 7.84. The summed E-state index contributed by atoms with van der Waals surface area (Å²) in [6.07, 6.45) is 3.45. The van der Waals surface area contributed by atoms with Crippen molar-refractivity contribution in [3.8, 4) is 6.07 Å². The van der Waals surface area contributed by atoms with Crippen LogP contribution in [0.4, 0.5) is 5.82 Å². The Balaban J connectivity index is 1.99. The van der Waals surface area contributed by atoms with Gasteiger partial charge in [-0.3, -0.25) is 4.68 Å². The van der Waals surface area contributed by atoms with E-state index in [1.807, 2.05) is 13.1 Å². The van der Waals surface area contributed by atoms with E-state index in [4.69, 9.17) is 5.26 Å². The molecule has 1 fully saturated rings. The Morgan fingerprint density at radius 1 is 1.61 bits per heavy atom. The maximum absolute atomic E-state index is 12.4. The molecule has 0 amide bonds. The van der Waals surface area contributed by atoms with Gasteiger partial charge in [0.15, 0.2) is 0 Å². The van der Waals surface area contributed by atoms with Crippen LogP contribution in [-0.4, -0.2) is 55.2 Å². The number of hydrogen-bond donors (Lipinski definition) is 1. The lowest BCUT2D eigenvalue weighted by molar-refractivity contribution is 0.405. The van der Waals surface area contributed by atoms with Crippen molar-refractivity contribution in [1.29, 1.82) is 5.26 Å². The van der Waals surface area contributed by atoms with Crippen molar-refractivity contribution in [2.24, 2.45) is 13.0 Å². The molecule has 0 saturated carbocycles. The van der Waals surface area contributed by atoms with Crippen LogP contribution in [0.15, 0.2) is 12.3 Å². The van der Waals surface area contributed by atoms with Crippen LogP contribution in [0.1, 0.15) is 19.8 Å². The normalized spacial score (nSPS) is 20.5. The molecule has 0 radical (unpaired) electrons. The zero-order chi connectivity index (χ0) is 17.0. The molecular weight excluding hydrogens is 316 g/mol. The Bertz CT molecular complexity index is 665. The van der Waals surface area contributed by atoms with E-state index in [0.717, 1.165) is 25.2 Å². The second kappa shape index (κ2) is 7.29. The van der Waals surface area contributed by atoms with Gasteiger partial charge >= 0.3 is 0 Å². The van der Waals surface area contributed by atoms with E-state index in [1.165, 1.54) is 11.4 Å². The quantitative estimate of drug-likeness (QED) is 0.804. The van der Waals surface area contributed by atoms with Crippen LogP contribution in [0.2, 0.25) is 0 Å². The summed E-state index contributed by atoms with van der Waals surface area (Å²) in [7, 11) is -0.211. The Kier molecular flexibility index (Phi) is 5.62. The van der Waals surface area contributed by atoms with Gasteiger partial charge in [0.05, 0.1) is 18.2 Å². The lowest BCUT2D eigenvalue weighted by Gasteiger charge is -2.35. The smallest absolute Gasteiger partial charge is 0.279 e. The van der Waals surface area contributed by atoms with E-state index in [9.17, 15) is 8.42 Å². The molecule has 1 aromatic heterocycles. The molecule has 1 aliphatic heterocycles. The summed E-state index contributed by atoms with van der Waals surface area (Å²) in [6.45, 7) is 3.39. The van der Waals surface area contributed by atoms with Crippen molar-refractivity contribution >= 4 is 16.0 Å². The molecule has 1 N–H and O–H groups in total. The first-order chi connectivity index (χ1) is 10.8. The maximum atomic E-state index is 12.4. The van der Waals surface area contributed by atoms with Crippen LogP contribution in [-0.2, 0) is 17.3 Å². The molecule has 23 heavy (non-hydrogen) atoms. The number of aryl methyl sites for hydroxylation is 1. The number of aromatic nitrogens is 2. The molecular formula is C14H24N6O2S. The van der Waals surface area contributed by atoms with E-state index in [-0.39, 0.29) is 18.5 Å². The predicted molar refractivity (Wildman–Crippen MR) is 87.9 cm³/mol. The lowest BCUT2D eigenvalue weighted by Crippen LogP contribution is -2.51. The highest BCUT2D eigenvalue weighted by molar-refractivity contribution is 7.87. The monoisotopic (exact) mass is 340 g/mol. The summed E-state index contributed by atoms with van der Waals surface area (Å²) in [5, 5.41) is 13.0. The van der Waals surface area contributed by atoms with Gasteiger partial charge in [-0.15, -0.1) is 0 Å². The molecule has 1 aliphatic rings. The average Bonchev–Trinajstić information content (AvgIpc) is 2.93. The number of nitrogens with zero attached hydrogens (tertiary/aromatic N) is 5. The SMILES string of the molecule is C[C@@H](C#N)CN(C)S(=O)(=O)N[C@@H]1CCCN(c2ccnn2C)C1. The topological polar surface area (TPSA) is 94.3 Å². The maximum Gasteiger partial charge on any atom is 0.279 e. The Morgan fingerprint density at radius 3 is 2.96 bits per heavy atom. The molecule has 0 aromatic carbocycles. The second-order valence-electron chi connectivity index (χ2n) is 6.03. The average molecular weight is 340 g/mol. The van der Waals surface area contributed by atoms with Gasteiger partial charge in [0.2, 0.25) is 0 Å². The zero-order valence-corrected chi connectivity index (χ0v) is 14.6. The fraction of sp³-hybridized carbons (Fsp3) is 0.714. The number of piperidine rings is 1. The third-order valence-electron chi connectivity index (χ3n) is 4.02. The minimum Gasteiger partial charge on any atom is -0.355 e. The van der Waals surface area contributed by atoms with E-state index >= 15 is 0 Å². The Hall–Kier alpha value is -1.63. The highest BCUT2D eigenvalue weighted by Crippen LogP contribution is 2.19. The van der Waals surface area contributed by atoms with Gasteiger partial charge in [-0.05, 0) is 19.8 Å². The molecule has 8 nitrogen and oxygen atoms in total.